The van der Waals surface area contributed by atoms with Crippen molar-refractivity contribution in [2.24, 2.45) is 34.5 Å². The van der Waals surface area contributed by atoms with Crippen molar-refractivity contribution in [1.29, 1.82) is 0 Å². The highest BCUT2D eigenvalue weighted by molar-refractivity contribution is 5.94. The third-order valence-electron chi connectivity index (χ3n) is 10.8. The molecule has 0 bridgehead atoms. The van der Waals surface area contributed by atoms with Crippen LogP contribution in [0.25, 0.3) is 0 Å². The molecule has 0 aromatic carbocycles. The largest absolute Gasteiger partial charge is 0.457 e. The number of ether oxygens (including phenoxy) is 3. The van der Waals surface area contributed by atoms with Gasteiger partial charge in [0, 0.05) is 36.0 Å². The smallest absolute Gasteiger partial charge is 0.306 e. The normalized spacial score (nSPS) is 46.4. The van der Waals surface area contributed by atoms with Gasteiger partial charge in [0.15, 0.2) is 18.0 Å². The summed E-state index contributed by atoms with van der Waals surface area (Å²) in [5, 5.41) is 0. The predicted octanol–water partition coefficient (Wildman–Crippen LogP) is 4.36. The first kappa shape index (κ1) is 25.6. The van der Waals surface area contributed by atoms with Gasteiger partial charge in [0.1, 0.15) is 5.60 Å². The first-order valence-corrected chi connectivity index (χ1v) is 13.7. The molecule has 1 heterocycles. The van der Waals surface area contributed by atoms with E-state index >= 15 is 0 Å². The topological polar surface area (TPSA) is 99.3 Å². The molecule has 3 saturated carbocycles. The van der Waals surface area contributed by atoms with E-state index in [0.717, 1.165) is 19.3 Å². The predicted molar refractivity (Wildman–Crippen MR) is 131 cm³/mol. The van der Waals surface area contributed by atoms with Crippen LogP contribution in [0.4, 0.5) is 0 Å². The Hall–Kier alpha value is -2.02. The zero-order valence-electron chi connectivity index (χ0n) is 22.5. The maximum atomic E-state index is 13.9. The molecule has 0 aromatic heterocycles. The van der Waals surface area contributed by atoms with Gasteiger partial charge in [-0.2, -0.15) is 0 Å². The van der Waals surface area contributed by atoms with Crippen LogP contribution in [0, 0.1) is 34.5 Å². The second kappa shape index (κ2) is 8.24. The number of epoxide rings is 1. The second-order valence-electron chi connectivity index (χ2n) is 12.4. The summed E-state index contributed by atoms with van der Waals surface area (Å²) in [4.78, 5) is 51.0. The number of hydrogen-bond acceptors (Lipinski definition) is 7. The van der Waals surface area contributed by atoms with Crippen molar-refractivity contribution >= 4 is 23.5 Å². The van der Waals surface area contributed by atoms with Crippen molar-refractivity contribution in [3.63, 3.8) is 0 Å². The molecule has 5 aliphatic rings. The zero-order valence-corrected chi connectivity index (χ0v) is 22.5. The Balaban J connectivity index is 1.57. The lowest BCUT2D eigenvalue weighted by atomic mass is 9.44. The first-order valence-electron chi connectivity index (χ1n) is 13.7. The lowest BCUT2D eigenvalue weighted by molar-refractivity contribution is -0.195. The van der Waals surface area contributed by atoms with Crippen LogP contribution in [0.1, 0.15) is 86.5 Å². The number of Topliss-reactive ketones (excluding diaryl/α,β-unsaturated/α-hetero) is 1. The molecule has 0 amide bonds. The number of fused-ring (bicyclic) bond motifs is 3. The lowest BCUT2D eigenvalue weighted by Crippen LogP contribution is -2.64. The Morgan fingerprint density at radius 3 is 2.42 bits per heavy atom. The Morgan fingerprint density at radius 1 is 1.06 bits per heavy atom. The van der Waals surface area contributed by atoms with Crippen LogP contribution in [-0.4, -0.2) is 47.4 Å². The summed E-state index contributed by atoms with van der Waals surface area (Å²) in [6.45, 7) is 11.6. The maximum Gasteiger partial charge on any atom is 0.306 e. The molecule has 1 aliphatic heterocycles. The van der Waals surface area contributed by atoms with Gasteiger partial charge >= 0.3 is 11.9 Å². The van der Waals surface area contributed by atoms with Crippen LogP contribution in [0.3, 0.4) is 0 Å². The molecule has 4 fully saturated rings. The summed E-state index contributed by atoms with van der Waals surface area (Å²) in [6.07, 6.45) is 5.72. The van der Waals surface area contributed by atoms with Gasteiger partial charge in [-0.05, 0) is 49.5 Å². The number of esters is 2. The number of hydrogen-bond donors (Lipinski definition) is 0. The van der Waals surface area contributed by atoms with Gasteiger partial charge in [-0.25, -0.2) is 0 Å². The Morgan fingerprint density at radius 2 is 1.75 bits per heavy atom. The van der Waals surface area contributed by atoms with Crippen LogP contribution >= 0.6 is 0 Å². The molecule has 1 spiro atoms. The maximum absolute atomic E-state index is 13.9. The van der Waals surface area contributed by atoms with E-state index in [9.17, 15) is 19.2 Å². The Labute approximate surface area is 213 Å². The zero-order chi connectivity index (χ0) is 26.3. The molecule has 7 nitrogen and oxygen atoms in total. The van der Waals surface area contributed by atoms with E-state index in [4.69, 9.17) is 14.2 Å². The van der Waals surface area contributed by atoms with Crippen LogP contribution in [0.15, 0.2) is 11.6 Å². The highest BCUT2D eigenvalue weighted by atomic mass is 16.6. The molecule has 198 valence electrons. The van der Waals surface area contributed by atoms with Gasteiger partial charge in [-0.15, -0.1) is 0 Å². The Kier molecular flexibility index (Phi) is 5.86. The van der Waals surface area contributed by atoms with Crippen molar-refractivity contribution in [3.8, 4) is 0 Å². The molecular formula is C29H40O7. The van der Waals surface area contributed by atoms with Crippen molar-refractivity contribution in [1.82, 2.24) is 0 Å². The number of carbonyl (C=O) groups excluding carboxylic acids is 4. The molecule has 9 atom stereocenters. The van der Waals surface area contributed by atoms with E-state index in [2.05, 4.69) is 20.8 Å². The molecule has 7 heteroatoms. The molecule has 1 unspecified atom stereocenters. The van der Waals surface area contributed by atoms with Crippen LogP contribution in [-0.2, 0) is 33.4 Å². The van der Waals surface area contributed by atoms with E-state index in [0.29, 0.717) is 12.8 Å². The summed E-state index contributed by atoms with van der Waals surface area (Å²) in [7, 11) is 0. The molecule has 0 N–H and O–H groups in total. The fourth-order valence-corrected chi connectivity index (χ4v) is 9.21. The summed E-state index contributed by atoms with van der Waals surface area (Å²) in [6, 6.07) is 0. The molecule has 5 rings (SSSR count). The standard InChI is InChI=1S/C29H40O7/c1-7-24(32)34-15-22(31)28(36-25(33)8-2)17(4)12-20-21-11-16(3)19-13-18(30)9-10-26(19,5)29(21)23(35-29)14-27(20,28)6/h13,16-17,20-21,23H,7-12,14-15H2,1-6H3/t16-,17-,20-,21-,23-,26-,27-,28-,29?/m0/s1. The van der Waals surface area contributed by atoms with Gasteiger partial charge in [0.25, 0.3) is 0 Å². The molecular weight excluding hydrogens is 460 g/mol. The third-order valence-corrected chi connectivity index (χ3v) is 10.8. The number of rotatable bonds is 6. The summed E-state index contributed by atoms with van der Waals surface area (Å²) in [5.41, 5.74) is -1.31. The number of ketones is 2. The first-order chi connectivity index (χ1) is 16.9. The quantitative estimate of drug-likeness (QED) is 0.395. The van der Waals surface area contributed by atoms with Gasteiger partial charge in [-0.3, -0.25) is 19.2 Å². The minimum Gasteiger partial charge on any atom is -0.457 e. The summed E-state index contributed by atoms with van der Waals surface area (Å²) < 4.78 is 18.2. The monoisotopic (exact) mass is 500 g/mol. The molecule has 36 heavy (non-hydrogen) atoms. The van der Waals surface area contributed by atoms with Crippen LogP contribution < -0.4 is 0 Å². The fourth-order valence-electron chi connectivity index (χ4n) is 9.21. The third kappa shape index (κ3) is 3.07. The van der Waals surface area contributed by atoms with Gasteiger partial charge in [-0.1, -0.05) is 47.1 Å². The van der Waals surface area contributed by atoms with E-state index in [1.807, 2.05) is 13.0 Å². The van der Waals surface area contributed by atoms with Gasteiger partial charge in [0.2, 0.25) is 5.78 Å². The minimum atomic E-state index is -1.36. The molecule has 1 saturated heterocycles. The van der Waals surface area contributed by atoms with Crippen molar-refractivity contribution in [2.45, 2.75) is 104 Å². The summed E-state index contributed by atoms with van der Waals surface area (Å²) in [5.74, 6) is -0.633. The second-order valence-corrected chi connectivity index (χ2v) is 12.4. The molecule has 0 radical (unpaired) electrons. The van der Waals surface area contributed by atoms with E-state index in [1.165, 1.54) is 5.57 Å². The van der Waals surface area contributed by atoms with E-state index in [-0.39, 0.29) is 71.8 Å². The SMILES string of the molecule is CCC(=O)OCC(=O)[C@@]1(OC(=O)CC)[C@@H](C)C[C@H]2[C@@H]3C[C@H](C)C4=CC(=O)CC[C@]4(C)C34O[C@H]4C[C@@]21C. The average Bonchev–Trinajstić information content (AvgIpc) is 3.52. The average molecular weight is 501 g/mol. The molecule has 0 aromatic rings. The molecule has 4 aliphatic carbocycles. The van der Waals surface area contributed by atoms with Crippen LogP contribution in [0.5, 0.6) is 0 Å². The van der Waals surface area contributed by atoms with Gasteiger partial charge < -0.3 is 14.2 Å². The minimum absolute atomic E-state index is 0.0613. The van der Waals surface area contributed by atoms with E-state index in [1.54, 1.807) is 13.8 Å². The van der Waals surface area contributed by atoms with Crippen LogP contribution in [0.2, 0.25) is 0 Å². The lowest BCUT2D eigenvalue weighted by Gasteiger charge is -2.58. The highest BCUT2D eigenvalue weighted by Crippen LogP contribution is 2.78. The number of carbonyl (C=O) groups is 4. The van der Waals surface area contributed by atoms with Crippen molar-refractivity contribution < 1.29 is 33.4 Å². The van der Waals surface area contributed by atoms with E-state index < -0.39 is 23.0 Å². The Bertz CT molecular complexity index is 1050. The van der Waals surface area contributed by atoms with Crippen molar-refractivity contribution in [2.75, 3.05) is 6.61 Å². The van der Waals surface area contributed by atoms with Gasteiger partial charge in [0.05, 0.1) is 6.10 Å². The van der Waals surface area contributed by atoms with Crippen molar-refractivity contribution in [3.05, 3.63) is 11.6 Å². The fraction of sp³-hybridized carbons (Fsp3) is 0.793. The summed E-state index contributed by atoms with van der Waals surface area (Å²) >= 11 is 0. The highest BCUT2D eigenvalue weighted by Gasteiger charge is 2.83.